The van der Waals surface area contributed by atoms with Crippen LogP contribution in [0.3, 0.4) is 0 Å². The fourth-order valence-electron chi connectivity index (χ4n) is 11.8. The minimum absolute atomic E-state index is 0.0491. The normalized spacial score (nSPS) is 34.6. The average molecular weight is 862 g/mol. The number of carbonyl (C=O) groups is 3. The van der Waals surface area contributed by atoms with Crippen LogP contribution in [0.1, 0.15) is 97.8 Å². The van der Waals surface area contributed by atoms with Crippen LogP contribution in [0.25, 0.3) is 0 Å². The number of carbonyl (C=O) groups excluding carboxylic acids is 3. The van der Waals surface area contributed by atoms with Crippen LogP contribution in [-0.4, -0.2) is 184 Å². The van der Waals surface area contributed by atoms with Gasteiger partial charge in [0.25, 0.3) is 11.8 Å². The molecule has 0 unspecified atom stereocenters. The second-order valence-corrected chi connectivity index (χ2v) is 18.9. The van der Waals surface area contributed by atoms with E-state index in [4.69, 9.17) is 10.2 Å². The quantitative estimate of drug-likeness (QED) is 0.0486. The van der Waals surface area contributed by atoms with Gasteiger partial charge in [-0.2, -0.15) is 0 Å². The van der Waals surface area contributed by atoms with Gasteiger partial charge in [-0.1, -0.05) is 20.8 Å². The van der Waals surface area contributed by atoms with Crippen molar-refractivity contribution in [3.8, 4) is 0 Å². The number of nitrogens with zero attached hydrogens (tertiary/aromatic N) is 1. The molecule has 0 spiro atoms. The Hall–Kier alpha value is -2.07. The molecule has 0 radical (unpaired) electrons. The van der Waals surface area contributed by atoms with E-state index < -0.39 is 80.0 Å². The van der Waals surface area contributed by atoms with E-state index in [0.717, 1.165) is 51.4 Å². The zero-order valence-corrected chi connectivity index (χ0v) is 35.5. The van der Waals surface area contributed by atoms with E-state index in [-0.39, 0.29) is 80.1 Å². The van der Waals surface area contributed by atoms with Crippen LogP contribution in [0.4, 0.5) is 0 Å². The molecule has 18 atom stereocenters. The highest BCUT2D eigenvalue weighted by Crippen LogP contribution is 2.68. The predicted octanol–water partition coefficient (Wildman–Crippen LogP) is -2.89. The summed E-state index contributed by atoms with van der Waals surface area (Å²) >= 11 is 0. The molecule has 18 heteroatoms. The lowest BCUT2D eigenvalue weighted by molar-refractivity contribution is -0.175. The van der Waals surface area contributed by atoms with Crippen LogP contribution in [0.5, 0.6) is 0 Å². The molecule has 4 aliphatic rings. The minimum atomic E-state index is -2.11. The molecule has 0 saturated heterocycles. The van der Waals surface area contributed by atoms with Gasteiger partial charge in [0.2, 0.25) is 5.91 Å². The van der Waals surface area contributed by atoms with E-state index in [2.05, 4.69) is 31.4 Å². The maximum absolute atomic E-state index is 13.8. The van der Waals surface area contributed by atoms with Gasteiger partial charge in [-0.25, -0.2) is 0 Å². The van der Waals surface area contributed by atoms with Crippen LogP contribution in [0, 0.1) is 46.3 Å². The SMILES string of the molecule is C[C@H](CCC(=O)N(CCCNC(=O)[C@H](O)[C@@H](O)[C@H](O)[C@H](O)CO)CCCNC(=O)[C@H](O)[C@@H](O)[C@H](O)[C@H](O)CO)[C@H]1CC[C@@H]2[C@@H]3CC[C@@H]4C[C@H](O)CC[C@]4(C)[C@@H]3C[C@H](O)[C@@]21C. The Bertz CT molecular complexity index is 1350. The number of rotatable bonds is 22. The van der Waals surface area contributed by atoms with Gasteiger partial charge < -0.3 is 76.8 Å². The molecule has 4 rings (SSSR count). The number of aliphatic hydroxyl groups is 12. The third-order valence-corrected chi connectivity index (χ3v) is 15.5. The van der Waals surface area contributed by atoms with Gasteiger partial charge in [-0.3, -0.25) is 14.4 Å². The summed E-state index contributed by atoms with van der Waals surface area (Å²) in [7, 11) is 0. The first-order chi connectivity index (χ1) is 28.2. The molecule has 60 heavy (non-hydrogen) atoms. The Morgan fingerprint density at radius 2 is 1.23 bits per heavy atom. The Labute approximate surface area is 353 Å². The fourth-order valence-corrected chi connectivity index (χ4v) is 11.8. The van der Waals surface area contributed by atoms with Gasteiger partial charge in [-0.05, 0) is 117 Å². The molecule has 0 bridgehead atoms. The van der Waals surface area contributed by atoms with Gasteiger partial charge in [0.1, 0.15) is 36.6 Å². The molecule has 4 aliphatic carbocycles. The molecule has 14 N–H and O–H groups in total. The van der Waals surface area contributed by atoms with Crippen molar-refractivity contribution in [2.24, 2.45) is 46.3 Å². The summed E-state index contributed by atoms with van der Waals surface area (Å²) in [5.41, 5.74) is -0.164. The van der Waals surface area contributed by atoms with Crippen LogP contribution in [-0.2, 0) is 14.4 Å². The van der Waals surface area contributed by atoms with Crippen molar-refractivity contribution in [1.29, 1.82) is 0 Å². The van der Waals surface area contributed by atoms with E-state index in [1.165, 1.54) is 0 Å². The van der Waals surface area contributed by atoms with Crippen molar-refractivity contribution in [2.45, 2.75) is 159 Å². The summed E-state index contributed by atoms with van der Waals surface area (Å²) < 4.78 is 0. The molecule has 18 nitrogen and oxygen atoms in total. The van der Waals surface area contributed by atoms with Crippen molar-refractivity contribution >= 4 is 17.7 Å². The summed E-state index contributed by atoms with van der Waals surface area (Å²) in [5, 5.41) is 124. The Morgan fingerprint density at radius 1 is 0.700 bits per heavy atom. The maximum Gasteiger partial charge on any atom is 0.251 e. The summed E-state index contributed by atoms with van der Waals surface area (Å²) in [5.74, 6) is -0.145. The summed E-state index contributed by atoms with van der Waals surface area (Å²) in [4.78, 5) is 40.3. The highest BCUT2D eigenvalue weighted by molar-refractivity contribution is 5.81. The van der Waals surface area contributed by atoms with Gasteiger partial charge in [0, 0.05) is 32.6 Å². The summed E-state index contributed by atoms with van der Waals surface area (Å²) in [6, 6.07) is 0. The molecular weight excluding hydrogens is 786 g/mol. The van der Waals surface area contributed by atoms with Crippen molar-refractivity contribution in [3.63, 3.8) is 0 Å². The first kappa shape index (κ1) is 50.6. The average Bonchev–Trinajstić information content (AvgIpc) is 3.61. The molecule has 0 heterocycles. The van der Waals surface area contributed by atoms with Gasteiger partial charge in [0.05, 0.1) is 25.4 Å². The molecule has 0 aromatic heterocycles. The van der Waals surface area contributed by atoms with Gasteiger partial charge in [0.15, 0.2) is 12.2 Å². The zero-order valence-electron chi connectivity index (χ0n) is 35.5. The van der Waals surface area contributed by atoms with E-state index in [1.54, 1.807) is 4.90 Å². The highest BCUT2D eigenvalue weighted by Gasteiger charge is 2.63. The van der Waals surface area contributed by atoms with Crippen molar-refractivity contribution in [1.82, 2.24) is 15.5 Å². The predicted molar refractivity (Wildman–Crippen MR) is 215 cm³/mol. The second kappa shape index (κ2) is 22.0. The van der Waals surface area contributed by atoms with Crippen LogP contribution < -0.4 is 10.6 Å². The summed E-state index contributed by atoms with van der Waals surface area (Å²) in [6.45, 7) is 5.15. The van der Waals surface area contributed by atoms with Gasteiger partial charge >= 0.3 is 0 Å². The number of aliphatic hydroxyl groups excluding tert-OH is 12. The first-order valence-electron chi connectivity index (χ1n) is 22.1. The summed E-state index contributed by atoms with van der Waals surface area (Å²) in [6.07, 6.45) is -7.85. The second-order valence-electron chi connectivity index (χ2n) is 18.9. The topological polar surface area (TPSA) is 321 Å². The van der Waals surface area contributed by atoms with Crippen molar-refractivity contribution < 1.29 is 75.7 Å². The third-order valence-electron chi connectivity index (χ3n) is 15.5. The molecule has 3 amide bonds. The van der Waals surface area contributed by atoms with E-state index in [1.807, 2.05) is 0 Å². The molecule has 0 aromatic rings. The molecule has 4 fully saturated rings. The molecule has 348 valence electrons. The van der Waals surface area contributed by atoms with E-state index in [9.17, 15) is 65.4 Å². The number of amides is 3. The highest BCUT2D eigenvalue weighted by atomic mass is 16.4. The smallest absolute Gasteiger partial charge is 0.251 e. The lowest BCUT2D eigenvalue weighted by atomic mass is 9.43. The van der Waals surface area contributed by atoms with Crippen LogP contribution in [0.15, 0.2) is 0 Å². The Balaban J connectivity index is 1.35. The number of hydrogen-bond donors (Lipinski definition) is 14. The monoisotopic (exact) mass is 862 g/mol. The van der Waals surface area contributed by atoms with Gasteiger partial charge in [-0.15, -0.1) is 0 Å². The Morgan fingerprint density at radius 3 is 1.75 bits per heavy atom. The lowest BCUT2D eigenvalue weighted by Gasteiger charge is -2.62. The minimum Gasteiger partial charge on any atom is -0.394 e. The van der Waals surface area contributed by atoms with E-state index in [0.29, 0.717) is 30.1 Å². The molecular formula is C42H75N3O15. The van der Waals surface area contributed by atoms with E-state index >= 15 is 0 Å². The van der Waals surface area contributed by atoms with Crippen LogP contribution in [0.2, 0.25) is 0 Å². The third kappa shape index (κ3) is 11.2. The fraction of sp³-hybridized carbons (Fsp3) is 0.929. The standard InChI is InChI=1S/C42H75N3O15/c1-22(26-9-10-27-25-8-7-23-18-24(48)12-13-41(23,2)28(25)19-31(51)42(26,27)3)6-11-32(52)45(16-4-14-43-39(59)37(57)35(55)33(53)29(49)20-46)17-5-15-44-40(60)38(58)36(56)34(54)30(50)21-47/h22-31,33-38,46-51,53-58H,4-21H2,1-3H3,(H,43,59)(H,44,60)/t22-,23-,24-,25+,26-,27-,28-,29-,30-,31+,33-,34-,35+,36+,37-,38-,41+,42-/m1/s1. The molecule has 4 saturated carbocycles. The first-order valence-corrected chi connectivity index (χ1v) is 22.1. The van der Waals surface area contributed by atoms with Crippen LogP contribution >= 0.6 is 0 Å². The number of nitrogens with one attached hydrogen (secondary N) is 2. The number of fused-ring (bicyclic) bond motifs is 5. The van der Waals surface area contributed by atoms with Crippen molar-refractivity contribution in [3.05, 3.63) is 0 Å². The lowest BCUT2D eigenvalue weighted by Crippen LogP contribution is -2.58. The molecule has 0 aliphatic heterocycles. The largest absolute Gasteiger partial charge is 0.394 e. The Kier molecular flexibility index (Phi) is 18.6. The maximum atomic E-state index is 13.8. The number of hydrogen-bond acceptors (Lipinski definition) is 15. The van der Waals surface area contributed by atoms with Crippen molar-refractivity contribution in [2.75, 3.05) is 39.4 Å². The zero-order chi connectivity index (χ0) is 44.7. The molecule has 0 aromatic carbocycles.